The van der Waals surface area contributed by atoms with Gasteiger partial charge in [0.05, 0.1) is 13.2 Å². The largest absolute Gasteiger partial charge is 0.491 e. The van der Waals surface area contributed by atoms with Crippen molar-refractivity contribution in [2.45, 2.75) is 39.5 Å². The lowest BCUT2D eigenvalue weighted by atomic mass is 10.1. The molecule has 0 N–H and O–H groups in total. The Labute approximate surface area is 169 Å². The summed E-state index contributed by atoms with van der Waals surface area (Å²) in [4.78, 5) is 0. The molecule has 0 fully saturated rings. The van der Waals surface area contributed by atoms with Crippen LogP contribution >= 0.6 is 0 Å². The maximum Gasteiger partial charge on any atom is 0.119 e. The summed E-state index contributed by atoms with van der Waals surface area (Å²) in [6.45, 7) is 8.36. The van der Waals surface area contributed by atoms with E-state index in [0.29, 0.717) is 26.4 Å². The Morgan fingerprint density at radius 2 is 0.893 bits per heavy atom. The van der Waals surface area contributed by atoms with E-state index < -0.39 is 0 Å². The van der Waals surface area contributed by atoms with Crippen molar-refractivity contribution in [1.82, 2.24) is 0 Å². The fourth-order valence-electron chi connectivity index (χ4n) is 2.62. The molecule has 0 heterocycles. The monoisotopic (exact) mass is 386 g/mol. The summed E-state index contributed by atoms with van der Waals surface area (Å²) in [7, 11) is 0. The van der Waals surface area contributed by atoms with E-state index in [0.717, 1.165) is 61.5 Å². The van der Waals surface area contributed by atoms with E-state index in [1.807, 2.05) is 24.3 Å². The van der Waals surface area contributed by atoms with Crippen molar-refractivity contribution in [1.29, 1.82) is 0 Å². The van der Waals surface area contributed by atoms with E-state index in [2.05, 4.69) is 38.1 Å². The molecule has 2 rings (SSSR count). The zero-order chi connectivity index (χ0) is 19.9. The topological polar surface area (TPSA) is 36.9 Å². The molecule has 2 aromatic rings. The molecule has 0 spiro atoms. The highest BCUT2D eigenvalue weighted by molar-refractivity contribution is 5.64. The van der Waals surface area contributed by atoms with E-state index in [-0.39, 0.29) is 0 Å². The summed E-state index contributed by atoms with van der Waals surface area (Å²) in [5, 5.41) is 0. The van der Waals surface area contributed by atoms with E-state index in [1.165, 1.54) is 0 Å². The summed E-state index contributed by atoms with van der Waals surface area (Å²) in [6, 6.07) is 16.3. The lowest BCUT2D eigenvalue weighted by Gasteiger charge is -2.09. The van der Waals surface area contributed by atoms with Gasteiger partial charge in [0, 0.05) is 13.2 Å². The highest BCUT2D eigenvalue weighted by atomic mass is 16.5. The highest BCUT2D eigenvalue weighted by Crippen LogP contribution is 2.24. The minimum atomic E-state index is 0.581. The summed E-state index contributed by atoms with van der Waals surface area (Å²) in [5.41, 5.74) is 2.31. The van der Waals surface area contributed by atoms with Crippen LogP contribution in [0.4, 0.5) is 0 Å². The highest BCUT2D eigenvalue weighted by Gasteiger charge is 2.01. The molecule has 0 bridgehead atoms. The average Bonchev–Trinajstić information content (AvgIpc) is 2.74. The Bertz CT molecular complexity index is 565. The Morgan fingerprint density at radius 1 is 0.500 bits per heavy atom. The molecule has 28 heavy (non-hydrogen) atoms. The van der Waals surface area contributed by atoms with Crippen LogP contribution in [0.3, 0.4) is 0 Å². The van der Waals surface area contributed by atoms with E-state index in [1.54, 1.807) is 0 Å². The lowest BCUT2D eigenvalue weighted by Crippen LogP contribution is -2.07. The quantitative estimate of drug-likeness (QED) is 0.366. The first-order valence-electron chi connectivity index (χ1n) is 10.4. The van der Waals surface area contributed by atoms with Gasteiger partial charge in [-0.25, -0.2) is 0 Å². The molecule has 0 aliphatic rings. The molecule has 0 aliphatic carbocycles. The van der Waals surface area contributed by atoms with Gasteiger partial charge in [0.1, 0.15) is 24.7 Å². The fourth-order valence-corrected chi connectivity index (χ4v) is 2.62. The van der Waals surface area contributed by atoms with Gasteiger partial charge < -0.3 is 18.9 Å². The minimum Gasteiger partial charge on any atom is -0.491 e. The summed E-state index contributed by atoms with van der Waals surface area (Å²) >= 11 is 0. The number of ether oxygens (including phenoxy) is 4. The van der Waals surface area contributed by atoms with Gasteiger partial charge in [-0.2, -0.15) is 0 Å². The zero-order valence-electron chi connectivity index (χ0n) is 17.3. The molecule has 0 atom stereocenters. The van der Waals surface area contributed by atoms with Gasteiger partial charge in [0.15, 0.2) is 0 Å². The zero-order valence-corrected chi connectivity index (χ0v) is 17.3. The van der Waals surface area contributed by atoms with Crippen molar-refractivity contribution in [3.8, 4) is 22.6 Å². The molecule has 0 unspecified atom stereocenters. The smallest absolute Gasteiger partial charge is 0.119 e. The van der Waals surface area contributed by atoms with Crippen LogP contribution in [0.2, 0.25) is 0 Å². The van der Waals surface area contributed by atoms with Gasteiger partial charge in [-0.3, -0.25) is 0 Å². The molecule has 4 heteroatoms. The second-order valence-electron chi connectivity index (χ2n) is 6.68. The molecule has 154 valence electrons. The van der Waals surface area contributed by atoms with E-state index in [4.69, 9.17) is 18.9 Å². The molecular formula is C24H34O4. The summed E-state index contributed by atoms with van der Waals surface area (Å²) in [5.74, 6) is 1.73. The van der Waals surface area contributed by atoms with E-state index >= 15 is 0 Å². The van der Waals surface area contributed by atoms with Gasteiger partial charge in [0.2, 0.25) is 0 Å². The third-order valence-corrected chi connectivity index (χ3v) is 4.32. The summed E-state index contributed by atoms with van der Waals surface area (Å²) < 4.78 is 22.5. The van der Waals surface area contributed by atoms with Gasteiger partial charge in [-0.05, 0) is 48.2 Å². The third-order valence-electron chi connectivity index (χ3n) is 4.32. The number of benzene rings is 2. The lowest BCUT2D eigenvalue weighted by molar-refractivity contribution is 0.0980. The molecule has 0 aromatic heterocycles. The van der Waals surface area contributed by atoms with Crippen LogP contribution in [0.1, 0.15) is 39.5 Å². The van der Waals surface area contributed by atoms with Crippen molar-refractivity contribution in [2.24, 2.45) is 0 Å². The van der Waals surface area contributed by atoms with Crippen molar-refractivity contribution in [2.75, 3.05) is 39.6 Å². The summed E-state index contributed by atoms with van der Waals surface area (Å²) in [6.07, 6.45) is 4.52. The molecule has 0 radical (unpaired) electrons. The SMILES string of the molecule is CCCCOCCOc1ccc(-c2ccc(OCCOCCCC)cc2)cc1. The first-order valence-corrected chi connectivity index (χ1v) is 10.4. The van der Waals surface area contributed by atoms with Crippen LogP contribution in [0.15, 0.2) is 48.5 Å². The molecule has 2 aromatic carbocycles. The minimum absolute atomic E-state index is 0.581. The van der Waals surface area contributed by atoms with Crippen LogP contribution in [0, 0.1) is 0 Å². The number of rotatable bonds is 15. The predicted molar refractivity (Wildman–Crippen MR) is 114 cm³/mol. The van der Waals surface area contributed by atoms with Crippen molar-refractivity contribution >= 4 is 0 Å². The normalized spacial score (nSPS) is 10.8. The van der Waals surface area contributed by atoms with Crippen molar-refractivity contribution in [3.05, 3.63) is 48.5 Å². The first-order chi connectivity index (χ1) is 13.8. The molecule has 0 amide bonds. The predicted octanol–water partition coefficient (Wildman–Crippen LogP) is 5.74. The van der Waals surface area contributed by atoms with Crippen molar-refractivity contribution in [3.63, 3.8) is 0 Å². The molecule has 4 nitrogen and oxygen atoms in total. The van der Waals surface area contributed by atoms with Crippen LogP contribution in [0.5, 0.6) is 11.5 Å². The second-order valence-corrected chi connectivity index (χ2v) is 6.68. The van der Waals surface area contributed by atoms with Gasteiger partial charge in [0.25, 0.3) is 0 Å². The van der Waals surface area contributed by atoms with Gasteiger partial charge >= 0.3 is 0 Å². The number of unbranched alkanes of at least 4 members (excludes halogenated alkanes) is 2. The van der Waals surface area contributed by atoms with Gasteiger partial charge in [-0.1, -0.05) is 51.0 Å². The Balaban J connectivity index is 1.71. The van der Waals surface area contributed by atoms with Crippen LogP contribution in [-0.2, 0) is 9.47 Å². The van der Waals surface area contributed by atoms with Crippen LogP contribution < -0.4 is 9.47 Å². The van der Waals surface area contributed by atoms with Gasteiger partial charge in [-0.15, -0.1) is 0 Å². The average molecular weight is 387 g/mol. The first kappa shape index (κ1) is 22.3. The number of hydrogen-bond donors (Lipinski definition) is 0. The Hall–Kier alpha value is -2.04. The maximum absolute atomic E-state index is 5.72. The van der Waals surface area contributed by atoms with E-state index in [9.17, 15) is 0 Å². The van der Waals surface area contributed by atoms with Crippen LogP contribution in [-0.4, -0.2) is 39.6 Å². The standard InChI is InChI=1S/C24H34O4/c1-3-5-15-25-17-19-27-23-11-7-21(8-12-23)22-9-13-24(14-10-22)28-20-18-26-16-6-4-2/h7-14H,3-6,15-20H2,1-2H3. The fraction of sp³-hybridized carbons (Fsp3) is 0.500. The molecule has 0 saturated heterocycles. The molecular weight excluding hydrogens is 352 g/mol. The number of hydrogen-bond acceptors (Lipinski definition) is 4. The molecule has 0 aliphatic heterocycles. The maximum atomic E-state index is 5.72. The van der Waals surface area contributed by atoms with Crippen molar-refractivity contribution < 1.29 is 18.9 Å². The second kappa shape index (κ2) is 14.0. The molecule has 0 saturated carbocycles. The third kappa shape index (κ3) is 8.77. The Kier molecular flexibility index (Phi) is 11.1. The Morgan fingerprint density at radius 3 is 1.25 bits per heavy atom. The van der Waals surface area contributed by atoms with Crippen LogP contribution in [0.25, 0.3) is 11.1 Å².